The van der Waals surface area contributed by atoms with Crippen molar-refractivity contribution in [3.8, 4) is 11.5 Å². The van der Waals surface area contributed by atoms with E-state index in [2.05, 4.69) is 10.0 Å². The molecule has 2 heterocycles. The first kappa shape index (κ1) is 20.6. The van der Waals surface area contributed by atoms with E-state index in [-0.39, 0.29) is 23.5 Å². The Hall–Kier alpha value is -2.62. The van der Waals surface area contributed by atoms with E-state index in [0.29, 0.717) is 43.4 Å². The Balaban J connectivity index is 1.33. The van der Waals surface area contributed by atoms with Crippen LogP contribution >= 0.6 is 0 Å². The summed E-state index contributed by atoms with van der Waals surface area (Å²) in [5, 5.41) is 2.83. The second-order valence-electron chi connectivity index (χ2n) is 7.17. The lowest BCUT2D eigenvalue weighted by Crippen LogP contribution is -2.31. The molecule has 30 heavy (non-hydrogen) atoms. The summed E-state index contributed by atoms with van der Waals surface area (Å²) in [5.74, 6) is 1.07. The molecule has 1 saturated heterocycles. The molecule has 0 radical (unpaired) electrons. The van der Waals surface area contributed by atoms with Crippen molar-refractivity contribution in [3.05, 3.63) is 53.6 Å². The molecule has 0 bridgehead atoms. The summed E-state index contributed by atoms with van der Waals surface area (Å²) in [7, 11) is -3.64. The van der Waals surface area contributed by atoms with E-state index < -0.39 is 10.0 Å². The third-order valence-electron chi connectivity index (χ3n) is 5.01. The largest absolute Gasteiger partial charge is 0.486 e. The van der Waals surface area contributed by atoms with Gasteiger partial charge in [-0.05, 0) is 54.8 Å². The molecule has 0 aromatic heterocycles. The van der Waals surface area contributed by atoms with Crippen LogP contribution in [0.4, 0.5) is 0 Å². The third kappa shape index (κ3) is 4.92. The molecule has 160 valence electrons. The van der Waals surface area contributed by atoms with Gasteiger partial charge in [-0.2, -0.15) is 0 Å². The molecule has 9 heteroatoms. The molecule has 0 aliphatic carbocycles. The molecule has 0 spiro atoms. The molecule has 1 fully saturated rings. The molecule has 2 aliphatic rings. The van der Waals surface area contributed by atoms with Gasteiger partial charge in [-0.25, -0.2) is 13.1 Å². The fourth-order valence-electron chi connectivity index (χ4n) is 3.36. The first-order valence-corrected chi connectivity index (χ1v) is 11.4. The Morgan fingerprint density at radius 3 is 2.50 bits per heavy atom. The quantitative estimate of drug-likeness (QED) is 0.692. The maximum atomic E-state index is 12.4. The van der Waals surface area contributed by atoms with Gasteiger partial charge in [0.05, 0.1) is 11.0 Å². The van der Waals surface area contributed by atoms with Gasteiger partial charge in [0, 0.05) is 25.3 Å². The average molecular weight is 432 g/mol. The first-order chi connectivity index (χ1) is 14.5. The summed E-state index contributed by atoms with van der Waals surface area (Å²) >= 11 is 0. The molecule has 1 amide bonds. The van der Waals surface area contributed by atoms with Gasteiger partial charge < -0.3 is 19.5 Å². The summed E-state index contributed by atoms with van der Waals surface area (Å²) in [6.07, 6.45) is 1.72. The highest BCUT2D eigenvalue weighted by atomic mass is 32.2. The predicted molar refractivity (Wildman–Crippen MR) is 109 cm³/mol. The zero-order valence-electron chi connectivity index (χ0n) is 16.4. The second-order valence-corrected chi connectivity index (χ2v) is 8.94. The Kier molecular flexibility index (Phi) is 6.21. The van der Waals surface area contributed by atoms with E-state index in [1.807, 2.05) is 18.2 Å². The molecule has 8 nitrogen and oxygen atoms in total. The summed E-state index contributed by atoms with van der Waals surface area (Å²) in [6.45, 7) is 2.26. The summed E-state index contributed by atoms with van der Waals surface area (Å²) in [5.41, 5.74) is 1.26. The first-order valence-electron chi connectivity index (χ1n) is 9.89. The number of hydrogen-bond acceptors (Lipinski definition) is 6. The van der Waals surface area contributed by atoms with E-state index in [1.54, 1.807) is 0 Å². The number of carbonyl (C=O) groups excluding carboxylic acids is 1. The highest BCUT2D eigenvalue weighted by Crippen LogP contribution is 2.30. The Morgan fingerprint density at radius 1 is 1.00 bits per heavy atom. The van der Waals surface area contributed by atoms with Crippen molar-refractivity contribution in [1.82, 2.24) is 10.0 Å². The number of fused-ring (bicyclic) bond motifs is 1. The Bertz CT molecular complexity index is 1000. The minimum absolute atomic E-state index is 0.0783. The van der Waals surface area contributed by atoms with Gasteiger partial charge in [0.1, 0.15) is 13.2 Å². The van der Waals surface area contributed by atoms with Crippen molar-refractivity contribution in [3.63, 3.8) is 0 Å². The summed E-state index contributed by atoms with van der Waals surface area (Å²) in [4.78, 5) is 12.5. The Labute approximate surface area is 175 Å². The van der Waals surface area contributed by atoms with Crippen molar-refractivity contribution in [1.29, 1.82) is 0 Å². The molecule has 0 saturated carbocycles. The van der Waals surface area contributed by atoms with Crippen LogP contribution in [0.2, 0.25) is 0 Å². The van der Waals surface area contributed by atoms with Crippen LogP contribution in [-0.4, -0.2) is 46.8 Å². The van der Waals surface area contributed by atoms with Gasteiger partial charge in [-0.1, -0.05) is 6.07 Å². The maximum absolute atomic E-state index is 12.4. The van der Waals surface area contributed by atoms with E-state index in [1.165, 1.54) is 24.3 Å². The fraction of sp³-hybridized carbons (Fsp3) is 0.381. The van der Waals surface area contributed by atoms with Crippen LogP contribution in [0.1, 0.15) is 28.8 Å². The zero-order chi connectivity index (χ0) is 21.0. The van der Waals surface area contributed by atoms with Crippen LogP contribution < -0.4 is 19.5 Å². The lowest BCUT2D eigenvalue weighted by Gasteiger charge is -2.19. The van der Waals surface area contributed by atoms with Crippen molar-refractivity contribution in [2.75, 3.05) is 26.4 Å². The topological polar surface area (TPSA) is 103 Å². The number of carbonyl (C=O) groups is 1. The number of sulfonamides is 1. The van der Waals surface area contributed by atoms with Crippen LogP contribution in [0.15, 0.2) is 47.4 Å². The van der Waals surface area contributed by atoms with Crippen molar-refractivity contribution < 1.29 is 27.4 Å². The predicted octanol–water partition coefficient (Wildman–Crippen LogP) is 1.85. The SMILES string of the molecule is O=C(NCc1ccc2c(c1)OCCO2)c1ccc(S(=O)(=O)NCC2CCCO2)cc1. The van der Waals surface area contributed by atoms with Crippen LogP contribution in [0, 0.1) is 0 Å². The number of rotatable bonds is 7. The molecule has 2 aromatic carbocycles. The van der Waals surface area contributed by atoms with Crippen LogP contribution in [0.5, 0.6) is 11.5 Å². The highest BCUT2D eigenvalue weighted by molar-refractivity contribution is 7.89. The van der Waals surface area contributed by atoms with Crippen LogP contribution in [-0.2, 0) is 21.3 Å². The molecular weight excluding hydrogens is 408 g/mol. The average Bonchev–Trinajstić information content (AvgIpc) is 3.30. The zero-order valence-corrected chi connectivity index (χ0v) is 17.2. The molecule has 2 aromatic rings. The molecular formula is C21H24N2O6S. The molecule has 2 aliphatic heterocycles. The minimum Gasteiger partial charge on any atom is -0.486 e. The lowest BCUT2D eigenvalue weighted by molar-refractivity contribution is 0.0950. The van der Waals surface area contributed by atoms with Gasteiger partial charge in [0.25, 0.3) is 5.91 Å². The standard InChI is InChI=1S/C21H24N2O6S/c24-21(22-13-15-3-8-19-20(12-15)29-11-10-28-19)16-4-6-18(7-5-16)30(25,26)23-14-17-2-1-9-27-17/h3-8,12,17,23H,1-2,9-11,13-14H2,(H,22,24). The lowest BCUT2D eigenvalue weighted by atomic mass is 10.1. The van der Waals surface area contributed by atoms with Gasteiger partial charge in [-0.3, -0.25) is 4.79 Å². The number of hydrogen-bond donors (Lipinski definition) is 2. The number of ether oxygens (including phenoxy) is 3. The van der Waals surface area contributed by atoms with Crippen LogP contribution in [0.25, 0.3) is 0 Å². The molecule has 4 rings (SSSR count). The second kappa shape index (κ2) is 9.03. The monoisotopic (exact) mass is 432 g/mol. The summed E-state index contributed by atoms with van der Waals surface area (Å²) < 4.78 is 43.8. The van der Waals surface area contributed by atoms with Gasteiger partial charge in [-0.15, -0.1) is 0 Å². The van der Waals surface area contributed by atoms with Crippen molar-refractivity contribution in [2.24, 2.45) is 0 Å². The van der Waals surface area contributed by atoms with Gasteiger partial charge in [0.15, 0.2) is 11.5 Å². The van der Waals surface area contributed by atoms with Crippen molar-refractivity contribution >= 4 is 15.9 Å². The van der Waals surface area contributed by atoms with E-state index in [0.717, 1.165) is 18.4 Å². The smallest absolute Gasteiger partial charge is 0.251 e. The molecule has 2 N–H and O–H groups in total. The number of amides is 1. The van der Waals surface area contributed by atoms with Crippen LogP contribution in [0.3, 0.4) is 0 Å². The fourth-order valence-corrected chi connectivity index (χ4v) is 4.43. The molecule has 1 unspecified atom stereocenters. The summed E-state index contributed by atoms with van der Waals surface area (Å²) in [6, 6.07) is 11.4. The Morgan fingerprint density at radius 2 is 1.77 bits per heavy atom. The van der Waals surface area contributed by atoms with Gasteiger partial charge >= 0.3 is 0 Å². The number of nitrogens with one attached hydrogen (secondary N) is 2. The number of benzene rings is 2. The third-order valence-corrected chi connectivity index (χ3v) is 6.45. The normalized spacial score (nSPS) is 18.2. The van der Waals surface area contributed by atoms with E-state index in [4.69, 9.17) is 14.2 Å². The van der Waals surface area contributed by atoms with Crippen molar-refractivity contribution in [2.45, 2.75) is 30.4 Å². The van der Waals surface area contributed by atoms with E-state index >= 15 is 0 Å². The highest BCUT2D eigenvalue weighted by Gasteiger charge is 2.20. The van der Waals surface area contributed by atoms with Gasteiger partial charge in [0.2, 0.25) is 10.0 Å². The maximum Gasteiger partial charge on any atom is 0.251 e. The van der Waals surface area contributed by atoms with E-state index in [9.17, 15) is 13.2 Å². The molecule has 1 atom stereocenters. The minimum atomic E-state index is -3.64.